The predicted molar refractivity (Wildman–Crippen MR) is 72.9 cm³/mol. The van der Waals surface area contributed by atoms with Gasteiger partial charge in [-0.05, 0) is 25.1 Å². The molecule has 0 saturated carbocycles. The number of benzene rings is 1. The van der Waals surface area contributed by atoms with E-state index in [-0.39, 0.29) is 5.78 Å². The van der Waals surface area contributed by atoms with Crippen molar-refractivity contribution < 1.29 is 9.53 Å². The second-order valence-electron chi connectivity index (χ2n) is 4.23. The zero-order valence-electron chi connectivity index (χ0n) is 10.0. The smallest absolute Gasteiger partial charge is 0.197 e. The van der Waals surface area contributed by atoms with Crippen molar-refractivity contribution in [2.24, 2.45) is 0 Å². The normalized spacial score (nSPS) is 13.4. The Morgan fingerprint density at radius 1 is 1.44 bits per heavy atom. The van der Waals surface area contributed by atoms with Crippen molar-refractivity contribution in [1.82, 2.24) is 0 Å². The van der Waals surface area contributed by atoms with E-state index in [9.17, 15) is 4.79 Å². The fraction of sp³-hybridized carbons (Fsp3) is 0.214. The van der Waals surface area contributed by atoms with Crippen LogP contribution in [-0.4, -0.2) is 18.9 Å². The van der Waals surface area contributed by atoms with Crippen LogP contribution in [0, 0.1) is 6.92 Å². The Morgan fingerprint density at radius 2 is 2.33 bits per heavy atom. The van der Waals surface area contributed by atoms with Crippen LogP contribution in [0.25, 0.3) is 0 Å². The summed E-state index contributed by atoms with van der Waals surface area (Å²) in [6, 6.07) is 7.56. The highest BCUT2D eigenvalue weighted by Gasteiger charge is 2.20. The SMILES string of the molecule is Cc1cc(C(=O)c2cccc3c2OCCN3)cs1. The molecule has 1 aromatic heterocycles. The number of rotatable bonds is 2. The number of carbonyl (C=O) groups is 1. The quantitative estimate of drug-likeness (QED) is 0.842. The summed E-state index contributed by atoms with van der Waals surface area (Å²) in [7, 11) is 0. The number of anilines is 1. The van der Waals surface area contributed by atoms with Crippen molar-refractivity contribution in [3.63, 3.8) is 0 Å². The summed E-state index contributed by atoms with van der Waals surface area (Å²) in [5, 5.41) is 5.14. The maximum atomic E-state index is 12.4. The molecule has 0 unspecified atom stereocenters. The van der Waals surface area contributed by atoms with Crippen LogP contribution < -0.4 is 10.1 Å². The fourth-order valence-corrected chi connectivity index (χ4v) is 2.75. The van der Waals surface area contributed by atoms with Crippen molar-refractivity contribution in [3.05, 3.63) is 45.6 Å². The zero-order chi connectivity index (χ0) is 12.5. The fourth-order valence-electron chi connectivity index (χ4n) is 2.07. The molecule has 0 spiro atoms. The highest BCUT2D eigenvalue weighted by atomic mass is 32.1. The number of fused-ring (bicyclic) bond motifs is 1. The van der Waals surface area contributed by atoms with Gasteiger partial charge in [-0.3, -0.25) is 4.79 Å². The molecule has 18 heavy (non-hydrogen) atoms. The van der Waals surface area contributed by atoms with Crippen LogP contribution in [0.5, 0.6) is 5.75 Å². The second-order valence-corrected chi connectivity index (χ2v) is 5.35. The van der Waals surface area contributed by atoms with E-state index in [1.165, 1.54) is 0 Å². The van der Waals surface area contributed by atoms with Gasteiger partial charge < -0.3 is 10.1 Å². The van der Waals surface area contributed by atoms with E-state index >= 15 is 0 Å². The Bertz CT molecular complexity index is 604. The van der Waals surface area contributed by atoms with Crippen LogP contribution in [0.15, 0.2) is 29.6 Å². The lowest BCUT2D eigenvalue weighted by Crippen LogP contribution is -2.20. The lowest BCUT2D eigenvalue weighted by atomic mass is 10.0. The van der Waals surface area contributed by atoms with E-state index in [0.717, 1.165) is 22.7 Å². The minimum atomic E-state index is 0.0277. The van der Waals surface area contributed by atoms with E-state index < -0.39 is 0 Å². The van der Waals surface area contributed by atoms with Gasteiger partial charge in [0.2, 0.25) is 0 Å². The van der Waals surface area contributed by atoms with Gasteiger partial charge in [-0.15, -0.1) is 11.3 Å². The summed E-state index contributed by atoms with van der Waals surface area (Å²) in [5.74, 6) is 0.706. The topological polar surface area (TPSA) is 38.3 Å². The first-order valence-corrected chi connectivity index (χ1v) is 6.73. The number of hydrogen-bond acceptors (Lipinski definition) is 4. The van der Waals surface area contributed by atoms with Crippen LogP contribution in [0.1, 0.15) is 20.8 Å². The highest BCUT2D eigenvalue weighted by molar-refractivity contribution is 7.10. The summed E-state index contributed by atoms with van der Waals surface area (Å²) >= 11 is 1.59. The van der Waals surface area contributed by atoms with Crippen molar-refractivity contribution in [2.75, 3.05) is 18.5 Å². The Labute approximate surface area is 109 Å². The highest BCUT2D eigenvalue weighted by Crippen LogP contribution is 2.33. The predicted octanol–water partition coefficient (Wildman–Crippen LogP) is 3.09. The summed E-state index contributed by atoms with van der Waals surface area (Å²) in [4.78, 5) is 13.6. The molecule has 0 amide bonds. The number of nitrogens with one attached hydrogen (secondary N) is 1. The molecule has 0 aliphatic carbocycles. The van der Waals surface area contributed by atoms with Gasteiger partial charge in [0.25, 0.3) is 0 Å². The molecule has 0 saturated heterocycles. The molecule has 1 aromatic carbocycles. The molecule has 0 fully saturated rings. The average molecular weight is 259 g/mol. The van der Waals surface area contributed by atoms with Gasteiger partial charge in [-0.2, -0.15) is 0 Å². The number of aryl methyl sites for hydroxylation is 1. The van der Waals surface area contributed by atoms with Crippen molar-refractivity contribution >= 4 is 22.8 Å². The van der Waals surface area contributed by atoms with Gasteiger partial charge in [0.1, 0.15) is 6.61 Å². The first-order valence-electron chi connectivity index (χ1n) is 5.85. The van der Waals surface area contributed by atoms with Gasteiger partial charge in [-0.25, -0.2) is 0 Å². The molecule has 3 rings (SSSR count). The lowest BCUT2D eigenvalue weighted by molar-refractivity contribution is 0.103. The second kappa shape index (κ2) is 4.46. The Kier molecular flexibility index (Phi) is 2.80. The van der Waals surface area contributed by atoms with Gasteiger partial charge in [0.15, 0.2) is 11.5 Å². The monoisotopic (exact) mass is 259 g/mol. The summed E-state index contributed by atoms with van der Waals surface area (Å²) in [6.07, 6.45) is 0. The van der Waals surface area contributed by atoms with Crippen molar-refractivity contribution in [3.8, 4) is 5.75 Å². The first kappa shape index (κ1) is 11.3. The minimum Gasteiger partial charge on any atom is -0.489 e. The van der Waals surface area contributed by atoms with Gasteiger partial charge in [0.05, 0.1) is 11.3 Å². The van der Waals surface area contributed by atoms with E-state index in [4.69, 9.17) is 4.74 Å². The third-order valence-corrected chi connectivity index (χ3v) is 3.78. The molecular weight excluding hydrogens is 246 g/mol. The van der Waals surface area contributed by atoms with Gasteiger partial charge in [-0.1, -0.05) is 6.07 Å². The third kappa shape index (κ3) is 1.88. The van der Waals surface area contributed by atoms with Gasteiger partial charge in [0, 0.05) is 22.4 Å². The van der Waals surface area contributed by atoms with E-state index in [0.29, 0.717) is 17.9 Å². The minimum absolute atomic E-state index is 0.0277. The largest absolute Gasteiger partial charge is 0.489 e. The summed E-state index contributed by atoms with van der Waals surface area (Å²) < 4.78 is 5.62. The number of carbonyl (C=O) groups excluding carboxylic acids is 1. The molecule has 2 heterocycles. The first-order chi connectivity index (χ1) is 8.75. The van der Waals surface area contributed by atoms with E-state index in [1.54, 1.807) is 11.3 Å². The average Bonchev–Trinajstić information content (AvgIpc) is 2.84. The van der Waals surface area contributed by atoms with Crippen LogP contribution >= 0.6 is 11.3 Å². The maximum absolute atomic E-state index is 12.4. The van der Waals surface area contributed by atoms with E-state index in [2.05, 4.69) is 5.32 Å². The van der Waals surface area contributed by atoms with Crippen LogP contribution in [-0.2, 0) is 0 Å². The number of thiophene rings is 1. The molecule has 0 atom stereocenters. The number of ether oxygens (including phenoxy) is 1. The summed E-state index contributed by atoms with van der Waals surface area (Å²) in [5.41, 5.74) is 2.27. The lowest BCUT2D eigenvalue weighted by Gasteiger charge is -2.21. The van der Waals surface area contributed by atoms with Crippen LogP contribution in [0.4, 0.5) is 5.69 Å². The number of para-hydroxylation sites is 1. The van der Waals surface area contributed by atoms with Crippen molar-refractivity contribution in [2.45, 2.75) is 6.92 Å². The van der Waals surface area contributed by atoms with Crippen LogP contribution in [0.2, 0.25) is 0 Å². The van der Waals surface area contributed by atoms with Crippen LogP contribution in [0.3, 0.4) is 0 Å². The molecule has 92 valence electrons. The third-order valence-electron chi connectivity index (χ3n) is 2.92. The molecule has 0 bridgehead atoms. The molecule has 0 radical (unpaired) electrons. The zero-order valence-corrected chi connectivity index (χ0v) is 10.8. The Hall–Kier alpha value is -1.81. The van der Waals surface area contributed by atoms with Crippen molar-refractivity contribution in [1.29, 1.82) is 0 Å². The van der Waals surface area contributed by atoms with E-state index in [1.807, 2.05) is 36.6 Å². The van der Waals surface area contributed by atoms with Gasteiger partial charge >= 0.3 is 0 Å². The standard InChI is InChI=1S/C14H13NO2S/c1-9-7-10(8-18-9)13(16)11-3-2-4-12-14(11)17-6-5-15-12/h2-4,7-8,15H,5-6H2,1H3. The molecule has 2 aromatic rings. The Morgan fingerprint density at radius 3 is 3.11 bits per heavy atom. The summed E-state index contributed by atoms with van der Waals surface area (Å²) in [6.45, 7) is 3.38. The molecule has 1 aliphatic heterocycles. The molecular formula is C14H13NO2S. The molecule has 1 aliphatic rings. The number of hydrogen-bond donors (Lipinski definition) is 1. The molecule has 3 nitrogen and oxygen atoms in total. The maximum Gasteiger partial charge on any atom is 0.197 e. The Balaban J connectivity index is 2.04. The number of ketones is 1. The molecule has 4 heteroatoms. The molecule has 1 N–H and O–H groups in total.